The van der Waals surface area contributed by atoms with Gasteiger partial charge in [0.1, 0.15) is 5.54 Å². The zero-order valence-electron chi connectivity index (χ0n) is 11.9. The molecule has 0 spiro atoms. The van der Waals surface area contributed by atoms with Crippen LogP contribution in [0.5, 0.6) is 0 Å². The summed E-state index contributed by atoms with van der Waals surface area (Å²) in [5.41, 5.74) is -1.02. The predicted molar refractivity (Wildman–Crippen MR) is 71.1 cm³/mol. The average molecular weight is 283 g/mol. The first kappa shape index (κ1) is 14.6. The van der Waals surface area contributed by atoms with Gasteiger partial charge in [-0.3, -0.25) is 4.79 Å². The lowest BCUT2D eigenvalue weighted by molar-refractivity contribution is -0.144. The fourth-order valence-corrected chi connectivity index (χ4v) is 2.47. The van der Waals surface area contributed by atoms with Gasteiger partial charge in [0, 0.05) is 33.1 Å². The molecule has 0 bridgehead atoms. The summed E-state index contributed by atoms with van der Waals surface area (Å²) in [7, 11) is 3.40. The van der Waals surface area contributed by atoms with E-state index in [1.165, 1.54) is 4.90 Å². The molecule has 1 saturated heterocycles. The number of hydrogen-bond donors (Lipinski definition) is 2. The molecule has 2 aliphatic rings. The van der Waals surface area contributed by atoms with Crippen LogP contribution >= 0.6 is 0 Å². The Morgan fingerprint density at radius 3 is 2.15 bits per heavy atom. The molecule has 0 unspecified atom stereocenters. The van der Waals surface area contributed by atoms with Crippen molar-refractivity contribution in [3.05, 3.63) is 0 Å². The maximum Gasteiger partial charge on any atom is 0.329 e. The first-order valence-electron chi connectivity index (χ1n) is 6.87. The number of carbonyl (C=O) groups is 3. The largest absolute Gasteiger partial charge is 0.480 e. The molecule has 0 aromatic carbocycles. The number of carboxylic acids is 1. The Bertz CT molecular complexity index is 423. The fraction of sp³-hybridized carbons (Fsp3) is 0.769. The lowest BCUT2D eigenvalue weighted by Gasteiger charge is -2.33. The third-order valence-corrected chi connectivity index (χ3v) is 4.04. The summed E-state index contributed by atoms with van der Waals surface area (Å²) in [4.78, 5) is 38.1. The molecule has 3 amide bonds. The molecule has 0 atom stereocenters. The first-order chi connectivity index (χ1) is 9.35. The molecule has 2 fully saturated rings. The van der Waals surface area contributed by atoms with Crippen LogP contribution < -0.4 is 5.32 Å². The van der Waals surface area contributed by atoms with Crippen LogP contribution in [0.4, 0.5) is 4.79 Å². The van der Waals surface area contributed by atoms with Gasteiger partial charge in [0.2, 0.25) is 5.91 Å². The van der Waals surface area contributed by atoms with Crippen molar-refractivity contribution in [2.45, 2.75) is 31.2 Å². The van der Waals surface area contributed by atoms with Crippen LogP contribution in [-0.2, 0) is 9.59 Å². The molecular weight excluding hydrogens is 262 g/mol. The Morgan fingerprint density at radius 2 is 1.75 bits per heavy atom. The Morgan fingerprint density at radius 1 is 1.20 bits per heavy atom. The van der Waals surface area contributed by atoms with Crippen molar-refractivity contribution in [2.24, 2.45) is 5.92 Å². The molecule has 0 aromatic heterocycles. The lowest BCUT2D eigenvalue weighted by Crippen LogP contribution is -2.50. The van der Waals surface area contributed by atoms with Crippen molar-refractivity contribution in [1.29, 1.82) is 0 Å². The number of rotatable bonds is 3. The number of piperidine rings is 1. The summed E-state index contributed by atoms with van der Waals surface area (Å²) >= 11 is 0. The van der Waals surface area contributed by atoms with Gasteiger partial charge in [-0.1, -0.05) is 0 Å². The smallest absolute Gasteiger partial charge is 0.329 e. The molecule has 0 aromatic rings. The minimum atomic E-state index is -1.02. The summed E-state index contributed by atoms with van der Waals surface area (Å²) < 4.78 is 0. The predicted octanol–water partition coefficient (Wildman–Crippen LogP) is 0.113. The topological polar surface area (TPSA) is 90.0 Å². The van der Waals surface area contributed by atoms with Gasteiger partial charge in [0.05, 0.1) is 0 Å². The van der Waals surface area contributed by atoms with Gasteiger partial charge in [0.25, 0.3) is 0 Å². The van der Waals surface area contributed by atoms with Gasteiger partial charge in [-0.05, 0) is 25.7 Å². The van der Waals surface area contributed by atoms with E-state index in [0.717, 1.165) is 0 Å². The molecular formula is C13H21N3O4. The molecule has 1 saturated carbocycles. The number of carbonyl (C=O) groups excluding carboxylic acids is 2. The first-order valence-corrected chi connectivity index (χ1v) is 6.87. The van der Waals surface area contributed by atoms with Gasteiger partial charge in [-0.25, -0.2) is 9.59 Å². The summed E-state index contributed by atoms with van der Waals surface area (Å²) in [6.07, 6.45) is 2.18. The van der Waals surface area contributed by atoms with Crippen molar-refractivity contribution in [2.75, 3.05) is 27.2 Å². The highest BCUT2D eigenvalue weighted by atomic mass is 16.4. The summed E-state index contributed by atoms with van der Waals surface area (Å²) in [5, 5.41) is 11.7. The summed E-state index contributed by atoms with van der Waals surface area (Å²) in [5.74, 6) is -1.34. The monoisotopic (exact) mass is 283 g/mol. The Hall–Kier alpha value is -1.79. The zero-order chi connectivity index (χ0) is 14.9. The number of aliphatic carboxylic acids is 1. The summed E-state index contributed by atoms with van der Waals surface area (Å²) in [6, 6.07) is -0.0481. The molecule has 0 radical (unpaired) electrons. The van der Waals surface area contributed by atoms with E-state index in [9.17, 15) is 14.4 Å². The Kier molecular flexibility index (Phi) is 3.87. The molecule has 1 aliphatic carbocycles. The van der Waals surface area contributed by atoms with Gasteiger partial charge >= 0.3 is 12.0 Å². The van der Waals surface area contributed by atoms with Gasteiger partial charge in [-0.2, -0.15) is 0 Å². The Balaban J connectivity index is 1.83. The van der Waals surface area contributed by atoms with Crippen LogP contribution in [0.3, 0.4) is 0 Å². The minimum absolute atomic E-state index is 0.0481. The van der Waals surface area contributed by atoms with E-state index >= 15 is 0 Å². The van der Waals surface area contributed by atoms with Crippen molar-refractivity contribution >= 4 is 17.9 Å². The van der Waals surface area contributed by atoms with E-state index in [-0.39, 0.29) is 17.9 Å². The molecule has 112 valence electrons. The maximum atomic E-state index is 12.1. The van der Waals surface area contributed by atoms with Crippen molar-refractivity contribution in [3.8, 4) is 0 Å². The lowest BCUT2D eigenvalue weighted by atomic mass is 9.95. The van der Waals surface area contributed by atoms with Crippen LogP contribution in [0.1, 0.15) is 25.7 Å². The standard InChI is InChI=1S/C13H21N3O4/c1-15(2)12(20)16-7-3-9(4-8-16)10(17)14-13(5-6-13)11(18)19/h9H,3-8H2,1-2H3,(H,14,17)(H,18,19). The van der Waals surface area contributed by atoms with E-state index in [0.29, 0.717) is 38.8 Å². The quantitative estimate of drug-likeness (QED) is 0.769. The fourth-order valence-electron chi connectivity index (χ4n) is 2.47. The third-order valence-electron chi connectivity index (χ3n) is 4.04. The number of carboxylic acid groups (broad SMARTS) is 1. The van der Waals surface area contributed by atoms with Crippen LogP contribution in [0, 0.1) is 5.92 Å². The van der Waals surface area contributed by atoms with Crippen molar-refractivity contribution in [3.63, 3.8) is 0 Å². The number of hydrogen-bond acceptors (Lipinski definition) is 3. The van der Waals surface area contributed by atoms with Gasteiger partial charge < -0.3 is 20.2 Å². The van der Waals surface area contributed by atoms with Crippen LogP contribution in [0.2, 0.25) is 0 Å². The van der Waals surface area contributed by atoms with Gasteiger partial charge in [-0.15, -0.1) is 0 Å². The van der Waals surface area contributed by atoms with E-state index in [2.05, 4.69) is 5.32 Å². The van der Waals surface area contributed by atoms with E-state index in [4.69, 9.17) is 5.11 Å². The second-order valence-corrected chi connectivity index (χ2v) is 5.81. The highest BCUT2D eigenvalue weighted by Crippen LogP contribution is 2.36. The Labute approximate surface area is 117 Å². The SMILES string of the molecule is CN(C)C(=O)N1CCC(C(=O)NC2(C(=O)O)CC2)CC1. The molecule has 7 heteroatoms. The number of urea groups is 1. The van der Waals surface area contributed by atoms with Crippen molar-refractivity contribution < 1.29 is 19.5 Å². The third kappa shape index (κ3) is 2.86. The molecule has 2 rings (SSSR count). The number of nitrogens with one attached hydrogen (secondary N) is 1. The van der Waals surface area contributed by atoms with Crippen LogP contribution in [0.25, 0.3) is 0 Å². The molecule has 2 N–H and O–H groups in total. The van der Waals surface area contributed by atoms with E-state index in [1.807, 2.05) is 0 Å². The number of nitrogens with zero attached hydrogens (tertiary/aromatic N) is 2. The molecule has 7 nitrogen and oxygen atoms in total. The minimum Gasteiger partial charge on any atom is -0.480 e. The van der Waals surface area contributed by atoms with Crippen LogP contribution in [0.15, 0.2) is 0 Å². The molecule has 20 heavy (non-hydrogen) atoms. The van der Waals surface area contributed by atoms with Crippen LogP contribution in [-0.4, -0.2) is 65.5 Å². The van der Waals surface area contributed by atoms with E-state index in [1.54, 1.807) is 19.0 Å². The molecule has 1 aliphatic heterocycles. The van der Waals surface area contributed by atoms with E-state index < -0.39 is 11.5 Å². The van der Waals surface area contributed by atoms with Crippen molar-refractivity contribution in [1.82, 2.24) is 15.1 Å². The average Bonchev–Trinajstić information content (AvgIpc) is 3.19. The summed E-state index contributed by atoms with van der Waals surface area (Å²) in [6.45, 7) is 1.07. The highest BCUT2D eigenvalue weighted by molar-refractivity contribution is 5.90. The maximum absolute atomic E-state index is 12.1. The normalized spacial score (nSPS) is 21.2. The second kappa shape index (κ2) is 5.30. The number of likely N-dealkylation sites (tertiary alicyclic amines) is 1. The highest BCUT2D eigenvalue weighted by Gasteiger charge is 2.52. The number of amides is 3. The second-order valence-electron chi connectivity index (χ2n) is 5.81. The van der Waals surface area contributed by atoms with Gasteiger partial charge in [0.15, 0.2) is 0 Å². The zero-order valence-corrected chi connectivity index (χ0v) is 11.9. The molecule has 1 heterocycles.